The van der Waals surface area contributed by atoms with Crippen molar-refractivity contribution < 1.29 is 8.42 Å². The molecule has 1 aromatic carbocycles. The van der Waals surface area contributed by atoms with Gasteiger partial charge in [0, 0.05) is 16.7 Å². The number of anilines is 1. The van der Waals surface area contributed by atoms with Crippen LogP contribution in [0.1, 0.15) is 24.8 Å². The Morgan fingerprint density at radius 1 is 1.33 bits per heavy atom. The quantitative estimate of drug-likeness (QED) is 0.589. The summed E-state index contributed by atoms with van der Waals surface area (Å²) in [4.78, 5) is 2.63. The fraction of sp³-hybridized carbons (Fsp3) is 0.571. The Morgan fingerprint density at radius 3 is 2.67 bits per heavy atom. The van der Waals surface area contributed by atoms with Gasteiger partial charge in [-0.15, -0.1) is 0 Å². The Kier molecular flexibility index (Phi) is 5.65. The lowest BCUT2D eigenvalue weighted by atomic mass is 10.2. The van der Waals surface area contributed by atoms with E-state index in [1.54, 1.807) is 13.0 Å². The van der Waals surface area contributed by atoms with E-state index in [1.807, 2.05) is 0 Å². The van der Waals surface area contributed by atoms with Crippen LogP contribution in [0.15, 0.2) is 21.5 Å². The SMILES string of the molecule is Cc1cc(Br)c(N)cc1S(=O)(=O)NCCCN1CCCC1. The van der Waals surface area contributed by atoms with Crippen molar-refractivity contribution in [3.8, 4) is 0 Å². The number of likely N-dealkylation sites (tertiary alicyclic amines) is 1. The van der Waals surface area contributed by atoms with E-state index in [9.17, 15) is 8.42 Å². The zero-order chi connectivity index (χ0) is 15.5. The van der Waals surface area contributed by atoms with E-state index in [4.69, 9.17) is 5.73 Å². The van der Waals surface area contributed by atoms with Crippen molar-refractivity contribution in [3.63, 3.8) is 0 Å². The number of rotatable bonds is 6. The number of benzene rings is 1. The van der Waals surface area contributed by atoms with Crippen molar-refractivity contribution in [2.24, 2.45) is 0 Å². The first kappa shape index (κ1) is 16.7. The number of nitrogens with zero attached hydrogens (tertiary/aromatic N) is 1. The fourth-order valence-corrected chi connectivity index (χ4v) is 4.34. The van der Waals surface area contributed by atoms with Crippen LogP contribution < -0.4 is 10.5 Å². The van der Waals surface area contributed by atoms with Gasteiger partial charge >= 0.3 is 0 Å². The average Bonchev–Trinajstić information content (AvgIpc) is 2.92. The van der Waals surface area contributed by atoms with Crippen LogP contribution in [0, 0.1) is 6.92 Å². The molecular weight excluding hydrogens is 354 g/mol. The highest BCUT2D eigenvalue weighted by Gasteiger charge is 2.18. The van der Waals surface area contributed by atoms with Gasteiger partial charge in [0.25, 0.3) is 0 Å². The van der Waals surface area contributed by atoms with Gasteiger partial charge < -0.3 is 10.6 Å². The summed E-state index contributed by atoms with van der Waals surface area (Å²) in [5.74, 6) is 0. The van der Waals surface area contributed by atoms with Crippen LogP contribution in [-0.4, -0.2) is 39.5 Å². The number of sulfonamides is 1. The second kappa shape index (κ2) is 7.09. The first-order valence-corrected chi connectivity index (χ1v) is 9.45. The largest absolute Gasteiger partial charge is 0.398 e. The van der Waals surface area contributed by atoms with Gasteiger partial charge in [-0.25, -0.2) is 13.1 Å². The number of nitrogens with one attached hydrogen (secondary N) is 1. The maximum atomic E-state index is 12.3. The predicted octanol–water partition coefficient (Wildman–Crippen LogP) is 2.10. The molecule has 7 heteroatoms. The summed E-state index contributed by atoms with van der Waals surface area (Å²) in [6, 6.07) is 3.23. The van der Waals surface area contributed by atoms with E-state index >= 15 is 0 Å². The fourth-order valence-electron chi connectivity index (χ4n) is 2.55. The van der Waals surface area contributed by atoms with Crippen LogP contribution in [0.3, 0.4) is 0 Å². The summed E-state index contributed by atoms with van der Waals surface area (Å²) in [7, 11) is -3.50. The molecule has 3 N–H and O–H groups in total. The molecular formula is C14H22BrN3O2S. The molecule has 1 fully saturated rings. The van der Waals surface area contributed by atoms with E-state index in [0.29, 0.717) is 22.3 Å². The van der Waals surface area contributed by atoms with E-state index in [-0.39, 0.29) is 4.90 Å². The molecule has 0 aromatic heterocycles. The minimum absolute atomic E-state index is 0.254. The highest BCUT2D eigenvalue weighted by molar-refractivity contribution is 9.10. The molecule has 0 unspecified atom stereocenters. The molecule has 1 aromatic rings. The molecule has 0 bridgehead atoms. The molecule has 1 heterocycles. The lowest BCUT2D eigenvalue weighted by Gasteiger charge is -2.15. The number of nitrogen functional groups attached to an aromatic ring is 1. The average molecular weight is 376 g/mol. The predicted molar refractivity (Wildman–Crippen MR) is 88.8 cm³/mol. The molecule has 5 nitrogen and oxygen atoms in total. The number of halogens is 1. The first-order chi connectivity index (χ1) is 9.90. The van der Waals surface area contributed by atoms with Gasteiger partial charge in [0.05, 0.1) is 4.90 Å². The maximum Gasteiger partial charge on any atom is 0.240 e. The van der Waals surface area contributed by atoms with Crippen LogP contribution in [0.5, 0.6) is 0 Å². The van der Waals surface area contributed by atoms with Crippen molar-refractivity contribution in [2.75, 3.05) is 31.9 Å². The Hall–Kier alpha value is -0.630. The van der Waals surface area contributed by atoms with Gasteiger partial charge in [-0.1, -0.05) is 0 Å². The molecule has 1 saturated heterocycles. The van der Waals surface area contributed by atoms with E-state index in [0.717, 1.165) is 26.1 Å². The number of hydrogen-bond acceptors (Lipinski definition) is 4. The molecule has 0 spiro atoms. The van der Waals surface area contributed by atoms with Crippen LogP contribution in [0.2, 0.25) is 0 Å². The maximum absolute atomic E-state index is 12.3. The summed E-state index contributed by atoms with van der Waals surface area (Å²) < 4.78 is 28.0. The van der Waals surface area contributed by atoms with Crippen LogP contribution in [-0.2, 0) is 10.0 Å². The summed E-state index contributed by atoms with van der Waals surface area (Å²) in [5, 5.41) is 0. The molecule has 1 aliphatic heterocycles. The Bertz CT molecular complexity index is 598. The lowest BCUT2D eigenvalue weighted by Crippen LogP contribution is -2.29. The minimum atomic E-state index is -3.50. The van der Waals surface area contributed by atoms with Gasteiger partial charge in [0.15, 0.2) is 0 Å². The highest BCUT2D eigenvalue weighted by Crippen LogP contribution is 2.26. The van der Waals surface area contributed by atoms with Crippen LogP contribution >= 0.6 is 15.9 Å². The number of nitrogens with two attached hydrogens (primary N) is 1. The van der Waals surface area contributed by atoms with Crippen molar-refractivity contribution in [2.45, 2.75) is 31.1 Å². The summed E-state index contributed by atoms with van der Waals surface area (Å²) in [5.41, 5.74) is 6.89. The topological polar surface area (TPSA) is 75.4 Å². The second-order valence-electron chi connectivity index (χ2n) is 5.44. The third-order valence-electron chi connectivity index (χ3n) is 3.73. The van der Waals surface area contributed by atoms with Gasteiger partial charge in [-0.2, -0.15) is 0 Å². The Labute approximate surface area is 135 Å². The van der Waals surface area contributed by atoms with Crippen molar-refractivity contribution in [1.29, 1.82) is 0 Å². The number of aryl methyl sites for hydroxylation is 1. The minimum Gasteiger partial charge on any atom is -0.398 e. The Balaban J connectivity index is 1.93. The molecule has 0 radical (unpaired) electrons. The van der Waals surface area contributed by atoms with E-state index in [2.05, 4.69) is 25.6 Å². The van der Waals surface area contributed by atoms with Gasteiger partial charge in [0.2, 0.25) is 10.0 Å². The molecule has 2 rings (SSSR count). The van der Waals surface area contributed by atoms with Crippen LogP contribution in [0.4, 0.5) is 5.69 Å². The molecule has 0 atom stereocenters. The molecule has 0 amide bonds. The summed E-state index contributed by atoms with van der Waals surface area (Å²) in [6.45, 7) is 5.44. The van der Waals surface area contributed by atoms with Gasteiger partial charge in [-0.05, 0) is 79.4 Å². The standard InChI is InChI=1S/C14H22BrN3O2S/c1-11-9-12(15)13(16)10-14(11)21(19,20)17-5-4-8-18-6-2-3-7-18/h9-10,17H,2-8,16H2,1H3. The summed E-state index contributed by atoms with van der Waals surface area (Å²) in [6.07, 6.45) is 3.33. The molecule has 118 valence electrons. The highest BCUT2D eigenvalue weighted by atomic mass is 79.9. The van der Waals surface area contributed by atoms with Crippen LogP contribution in [0.25, 0.3) is 0 Å². The molecule has 0 saturated carbocycles. The third-order valence-corrected chi connectivity index (χ3v) is 6.02. The molecule has 1 aliphatic rings. The van der Waals surface area contributed by atoms with Gasteiger partial charge in [-0.3, -0.25) is 0 Å². The van der Waals surface area contributed by atoms with Crippen molar-refractivity contribution in [3.05, 3.63) is 22.2 Å². The lowest BCUT2D eigenvalue weighted by molar-refractivity contribution is 0.334. The third kappa shape index (κ3) is 4.42. The number of hydrogen-bond donors (Lipinski definition) is 2. The normalized spacial score (nSPS) is 16.5. The first-order valence-electron chi connectivity index (χ1n) is 7.18. The zero-order valence-electron chi connectivity index (χ0n) is 12.2. The smallest absolute Gasteiger partial charge is 0.240 e. The summed E-state index contributed by atoms with van der Waals surface area (Å²) >= 11 is 3.30. The second-order valence-corrected chi connectivity index (χ2v) is 8.03. The van der Waals surface area contributed by atoms with E-state index in [1.165, 1.54) is 18.9 Å². The van der Waals surface area contributed by atoms with Crippen molar-refractivity contribution in [1.82, 2.24) is 9.62 Å². The van der Waals surface area contributed by atoms with E-state index < -0.39 is 10.0 Å². The zero-order valence-corrected chi connectivity index (χ0v) is 14.6. The molecule has 0 aliphatic carbocycles. The monoisotopic (exact) mass is 375 g/mol. The molecule has 21 heavy (non-hydrogen) atoms. The van der Waals surface area contributed by atoms with Gasteiger partial charge in [0.1, 0.15) is 0 Å². The Morgan fingerprint density at radius 2 is 2.00 bits per heavy atom. The van der Waals surface area contributed by atoms with Crippen molar-refractivity contribution >= 4 is 31.6 Å².